The first-order valence-electron chi connectivity index (χ1n) is 4.15. The normalized spacial score (nSPS) is 20.3. The molecule has 1 aliphatic carbocycles. The summed E-state index contributed by atoms with van der Waals surface area (Å²) in [6.07, 6.45) is 7.31. The molecule has 0 heterocycles. The van der Waals surface area contributed by atoms with Crippen molar-refractivity contribution in [2.45, 2.75) is 51.6 Å². The minimum atomic E-state index is 0.953. The van der Waals surface area contributed by atoms with Gasteiger partial charge in [0.1, 0.15) is 0 Å². The van der Waals surface area contributed by atoms with Crippen molar-refractivity contribution >= 4 is 9.24 Å². The summed E-state index contributed by atoms with van der Waals surface area (Å²) < 4.78 is 0. The van der Waals surface area contributed by atoms with Crippen molar-refractivity contribution in [3.63, 3.8) is 0 Å². The van der Waals surface area contributed by atoms with Crippen LogP contribution in [0.2, 0.25) is 0 Å². The predicted molar refractivity (Wildman–Crippen MR) is 47.9 cm³/mol. The highest BCUT2D eigenvalue weighted by molar-refractivity contribution is 7.17. The van der Waals surface area contributed by atoms with E-state index in [9.17, 15) is 0 Å². The van der Waals surface area contributed by atoms with Gasteiger partial charge in [-0.25, -0.2) is 0 Å². The lowest BCUT2D eigenvalue weighted by Gasteiger charge is -2.15. The molecular formula is C8H19P. The molecule has 1 unspecified atom stereocenters. The third kappa shape index (κ3) is 4.90. The van der Waals surface area contributed by atoms with Crippen molar-refractivity contribution in [2.75, 3.05) is 0 Å². The molecule has 1 saturated carbocycles. The van der Waals surface area contributed by atoms with Crippen molar-refractivity contribution in [2.24, 2.45) is 0 Å². The van der Waals surface area contributed by atoms with Gasteiger partial charge in [0.25, 0.3) is 0 Å². The third-order valence-electron chi connectivity index (χ3n) is 1.65. The topological polar surface area (TPSA) is 0 Å². The number of hydrogen-bond donors (Lipinski definition) is 0. The Hall–Kier alpha value is 0.430. The average molecular weight is 146 g/mol. The lowest BCUT2D eigenvalue weighted by molar-refractivity contribution is 0.516. The number of rotatable bonds is 0. The van der Waals surface area contributed by atoms with E-state index in [0.717, 1.165) is 5.66 Å². The van der Waals surface area contributed by atoms with Gasteiger partial charge >= 0.3 is 0 Å². The summed E-state index contributed by atoms with van der Waals surface area (Å²) >= 11 is 0. The highest BCUT2D eigenvalue weighted by atomic mass is 31.0. The van der Waals surface area contributed by atoms with E-state index in [1.54, 1.807) is 0 Å². The van der Waals surface area contributed by atoms with E-state index >= 15 is 0 Å². The summed E-state index contributed by atoms with van der Waals surface area (Å²) in [6, 6.07) is 0. The zero-order chi connectivity index (χ0) is 7.11. The summed E-state index contributed by atoms with van der Waals surface area (Å²) in [5.41, 5.74) is 0.953. The molecule has 0 aromatic carbocycles. The van der Waals surface area contributed by atoms with Crippen LogP contribution in [0.5, 0.6) is 0 Å². The fraction of sp³-hybridized carbons (Fsp3) is 1.00. The Morgan fingerprint density at radius 2 is 1.44 bits per heavy atom. The molecule has 1 rings (SSSR count). The van der Waals surface area contributed by atoms with Crippen LogP contribution in [-0.2, 0) is 0 Å². The van der Waals surface area contributed by atoms with Crippen molar-refractivity contribution in [3.05, 3.63) is 0 Å². The Bertz CT molecular complexity index is 46.5. The van der Waals surface area contributed by atoms with Gasteiger partial charge < -0.3 is 0 Å². The average Bonchev–Trinajstić information content (AvgIpc) is 1.94. The second-order valence-corrected chi connectivity index (χ2v) is 3.34. The van der Waals surface area contributed by atoms with Gasteiger partial charge in [-0.3, -0.25) is 0 Å². The quantitative estimate of drug-likeness (QED) is 0.460. The minimum Gasteiger partial charge on any atom is -0.134 e. The predicted octanol–water partition coefficient (Wildman–Crippen LogP) is 3.22. The van der Waals surface area contributed by atoms with Crippen LogP contribution in [-0.4, -0.2) is 5.66 Å². The maximum Gasteiger partial charge on any atom is -0.0264 e. The van der Waals surface area contributed by atoms with E-state index in [-0.39, 0.29) is 0 Å². The van der Waals surface area contributed by atoms with Crippen LogP contribution >= 0.6 is 9.24 Å². The molecule has 1 fully saturated rings. The Balaban J connectivity index is 0.000000291. The fourth-order valence-electron chi connectivity index (χ4n) is 1.13. The van der Waals surface area contributed by atoms with Gasteiger partial charge in [0, 0.05) is 0 Å². The van der Waals surface area contributed by atoms with Gasteiger partial charge in [0.05, 0.1) is 0 Å². The molecule has 1 aliphatic rings. The fourth-order valence-corrected chi connectivity index (χ4v) is 1.61. The maximum absolute atomic E-state index is 2.91. The molecule has 0 bridgehead atoms. The van der Waals surface area contributed by atoms with Gasteiger partial charge in [0.15, 0.2) is 0 Å². The Morgan fingerprint density at radius 1 is 1.00 bits per heavy atom. The van der Waals surface area contributed by atoms with Gasteiger partial charge in [-0.1, -0.05) is 33.1 Å². The first-order chi connectivity index (χ1) is 4.39. The molecule has 0 aromatic heterocycles. The molecule has 0 radical (unpaired) electrons. The monoisotopic (exact) mass is 146 g/mol. The molecule has 0 amide bonds. The third-order valence-corrected chi connectivity index (χ3v) is 2.32. The Labute approximate surface area is 61.6 Å². The van der Waals surface area contributed by atoms with E-state index in [4.69, 9.17) is 0 Å². The molecule has 9 heavy (non-hydrogen) atoms. The van der Waals surface area contributed by atoms with Crippen LogP contribution in [0.25, 0.3) is 0 Å². The first-order valence-corrected chi connectivity index (χ1v) is 4.82. The molecule has 1 atom stereocenters. The molecule has 0 N–H and O–H groups in total. The molecular weight excluding hydrogens is 127 g/mol. The molecule has 1 heteroatoms. The van der Waals surface area contributed by atoms with Crippen LogP contribution in [0.3, 0.4) is 0 Å². The van der Waals surface area contributed by atoms with Crippen LogP contribution < -0.4 is 0 Å². The van der Waals surface area contributed by atoms with Crippen molar-refractivity contribution in [3.8, 4) is 0 Å². The largest absolute Gasteiger partial charge is 0.134 e. The summed E-state index contributed by atoms with van der Waals surface area (Å²) in [5.74, 6) is 0. The zero-order valence-corrected chi connectivity index (χ0v) is 7.84. The SMILES string of the molecule is CC.PC1CCCCC1. The molecule has 56 valence electrons. The highest BCUT2D eigenvalue weighted by Crippen LogP contribution is 2.23. The van der Waals surface area contributed by atoms with E-state index < -0.39 is 0 Å². The lowest BCUT2D eigenvalue weighted by Crippen LogP contribution is -2.02. The highest BCUT2D eigenvalue weighted by Gasteiger charge is 2.06. The van der Waals surface area contributed by atoms with E-state index in [1.165, 1.54) is 32.1 Å². The van der Waals surface area contributed by atoms with Crippen LogP contribution in [0.1, 0.15) is 46.0 Å². The Morgan fingerprint density at radius 3 is 1.67 bits per heavy atom. The molecule has 0 saturated heterocycles. The summed E-state index contributed by atoms with van der Waals surface area (Å²) in [6.45, 7) is 4.00. The first kappa shape index (κ1) is 9.43. The molecule has 0 spiro atoms. The minimum absolute atomic E-state index is 0.953. The molecule has 0 aromatic rings. The number of hydrogen-bond acceptors (Lipinski definition) is 0. The molecule has 0 nitrogen and oxygen atoms in total. The standard InChI is InChI=1S/C6H13P.C2H6/c7-6-4-2-1-3-5-6;1-2/h6H,1-5,7H2;1-2H3. The summed E-state index contributed by atoms with van der Waals surface area (Å²) in [7, 11) is 2.91. The van der Waals surface area contributed by atoms with E-state index in [1.807, 2.05) is 13.8 Å². The van der Waals surface area contributed by atoms with Crippen molar-refractivity contribution in [1.82, 2.24) is 0 Å². The zero-order valence-electron chi connectivity index (χ0n) is 6.69. The lowest BCUT2D eigenvalue weighted by atomic mass is 10.0. The Kier molecular flexibility index (Phi) is 6.86. The second kappa shape index (κ2) is 6.55. The van der Waals surface area contributed by atoms with Crippen molar-refractivity contribution in [1.29, 1.82) is 0 Å². The van der Waals surface area contributed by atoms with E-state index in [2.05, 4.69) is 9.24 Å². The van der Waals surface area contributed by atoms with Gasteiger partial charge in [-0.2, -0.15) is 0 Å². The second-order valence-electron chi connectivity index (χ2n) is 2.40. The van der Waals surface area contributed by atoms with Gasteiger partial charge in [0.2, 0.25) is 0 Å². The van der Waals surface area contributed by atoms with E-state index in [0.29, 0.717) is 0 Å². The summed E-state index contributed by atoms with van der Waals surface area (Å²) in [5, 5.41) is 0. The van der Waals surface area contributed by atoms with Gasteiger partial charge in [-0.15, -0.1) is 9.24 Å². The van der Waals surface area contributed by atoms with Crippen LogP contribution in [0.4, 0.5) is 0 Å². The van der Waals surface area contributed by atoms with Gasteiger partial charge in [-0.05, 0) is 18.5 Å². The smallest absolute Gasteiger partial charge is 0.0264 e. The van der Waals surface area contributed by atoms with Crippen LogP contribution in [0, 0.1) is 0 Å². The van der Waals surface area contributed by atoms with Crippen LogP contribution in [0.15, 0.2) is 0 Å². The molecule has 0 aliphatic heterocycles. The maximum atomic E-state index is 2.91. The summed E-state index contributed by atoms with van der Waals surface area (Å²) in [4.78, 5) is 0. The van der Waals surface area contributed by atoms with Crippen molar-refractivity contribution < 1.29 is 0 Å².